The second-order valence-electron chi connectivity index (χ2n) is 2.98. The van der Waals surface area contributed by atoms with Crippen molar-refractivity contribution in [3.05, 3.63) is 0 Å². The van der Waals surface area contributed by atoms with Gasteiger partial charge in [-0.1, -0.05) is 0 Å². The minimum atomic E-state index is -1.56. The number of nitrogens with zero attached hydrogens (tertiary/aromatic N) is 1. The molecule has 6 heteroatoms. The van der Waals surface area contributed by atoms with Crippen molar-refractivity contribution in [2.45, 2.75) is 12.1 Å². The molecule has 1 fully saturated rings. The summed E-state index contributed by atoms with van der Waals surface area (Å²) in [4.78, 5) is 0. The van der Waals surface area contributed by atoms with E-state index in [9.17, 15) is 4.57 Å². The van der Waals surface area contributed by atoms with Crippen molar-refractivity contribution in [3.63, 3.8) is 0 Å². The van der Waals surface area contributed by atoms with E-state index in [4.69, 9.17) is 17.3 Å². The van der Waals surface area contributed by atoms with Gasteiger partial charge in [0.25, 0.3) is 0 Å². The van der Waals surface area contributed by atoms with Crippen molar-refractivity contribution in [1.82, 2.24) is 4.67 Å². The molecule has 4 nitrogen and oxygen atoms in total. The molecule has 1 heterocycles. The van der Waals surface area contributed by atoms with Gasteiger partial charge >= 0.3 is 0 Å². The SMILES string of the molecule is [B]C1CN(P(=C)=O)CC(COC)O1. The number of rotatable bonds is 3. The minimum absolute atomic E-state index is 0.102. The van der Waals surface area contributed by atoms with E-state index in [1.165, 1.54) is 0 Å². The molecule has 1 aliphatic heterocycles. The van der Waals surface area contributed by atoms with Crippen LogP contribution in [0, 0.1) is 0 Å². The molecule has 3 atom stereocenters. The molecule has 0 aromatic heterocycles. The van der Waals surface area contributed by atoms with E-state index in [1.807, 2.05) is 0 Å². The molecule has 0 aromatic rings. The fourth-order valence-electron chi connectivity index (χ4n) is 1.31. The smallest absolute Gasteiger partial charge is 0.166 e. The quantitative estimate of drug-likeness (QED) is 0.476. The Kier molecular flexibility index (Phi) is 4.20. The number of methoxy groups -OCH3 is 1. The molecule has 1 rings (SSSR count). The average molecular weight is 201 g/mol. The monoisotopic (exact) mass is 201 g/mol. The molecule has 0 amide bonds. The first kappa shape index (κ1) is 11.0. The van der Waals surface area contributed by atoms with Gasteiger partial charge in [-0.2, -0.15) is 0 Å². The van der Waals surface area contributed by atoms with Crippen LogP contribution in [0.15, 0.2) is 0 Å². The van der Waals surface area contributed by atoms with Crippen LogP contribution in [0.4, 0.5) is 0 Å². The number of ether oxygens (including phenoxy) is 2. The largest absolute Gasteiger partial charge is 0.382 e. The van der Waals surface area contributed by atoms with Gasteiger partial charge in [0, 0.05) is 26.2 Å². The van der Waals surface area contributed by atoms with Crippen LogP contribution in [-0.4, -0.2) is 57.7 Å². The van der Waals surface area contributed by atoms with Crippen molar-refractivity contribution >= 4 is 21.7 Å². The van der Waals surface area contributed by atoms with Gasteiger partial charge in [-0.25, -0.2) is 4.67 Å². The summed E-state index contributed by atoms with van der Waals surface area (Å²) in [5.41, 5.74) is 0. The van der Waals surface area contributed by atoms with E-state index in [0.29, 0.717) is 19.7 Å². The molecule has 72 valence electrons. The topological polar surface area (TPSA) is 38.8 Å². The zero-order valence-electron chi connectivity index (χ0n) is 7.68. The highest BCUT2D eigenvalue weighted by Gasteiger charge is 2.25. The summed E-state index contributed by atoms with van der Waals surface area (Å²) in [6, 6.07) is -0.394. The fraction of sp³-hybridized carbons (Fsp3) is 0.857. The van der Waals surface area contributed by atoms with Gasteiger partial charge in [0.1, 0.15) is 7.85 Å². The van der Waals surface area contributed by atoms with Gasteiger partial charge in [0.05, 0.1) is 12.7 Å². The summed E-state index contributed by atoms with van der Waals surface area (Å²) in [6.45, 7) is 1.51. The highest BCUT2D eigenvalue weighted by atomic mass is 31.1. The third kappa shape index (κ3) is 3.27. The van der Waals surface area contributed by atoms with E-state index in [0.717, 1.165) is 0 Å². The van der Waals surface area contributed by atoms with Crippen LogP contribution in [0.25, 0.3) is 0 Å². The van der Waals surface area contributed by atoms with E-state index in [-0.39, 0.29) is 6.10 Å². The zero-order valence-corrected chi connectivity index (χ0v) is 8.57. The van der Waals surface area contributed by atoms with Gasteiger partial charge in [0.15, 0.2) is 7.58 Å². The number of hydrogen-bond acceptors (Lipinski definition) is 3. The van der Waals surface area contributed by atoms with Crippen molar-refractivity contribution in [2.24, 2.45) is 0 Å². The van der Waals surface area contributed by atoms with E-state index in [1.54, 1.807) is 11.8 Å². The van der Waals surface area contributed by atoms with Crippen LogP contribution in [0.3, 0.4) is 0 Å². The molecule has 1 aliphatic rings. The third-order valence-electron chi connectivity index (χ3n) is 1.84. The molecular formula is C7H13BNO3P. The van der Waals surface area contributed by atoms with Crippen molar-refractivity contribution in [1.29, 1.82) is 0 Å². The lowest BCUT2D eigenvalue weighted by Crippen LogP contribution is -2.45. The minimum Gasteiger partial charge on any atom is -0.382 e. The lowest BCUT2D eigenvalue weighted by atomic mass is 9.98. The summed E-state index contributed by atoms with van der Waals surface area (Å²) in [7, 11) is 5.64. The summed E-state index contributed by atoms with van der Waals surface area (Å²) < 4.78 is 23.1. The molecule has 1 saturated heterocycles. The highest BCUT2D eigenvalue weighted by Crippen LogP contribution is 2.19. The second kappa shape index (κ2) is 4.96. The van der Waals surface area contributed by atoms with Crippen LogP contribution in [0.5, 0.6) is 0 Å². The molecule has 0 spiro atoms. The molecular weight excluding hydrogens is 188 g/mol. The predicted molar refractivity (Wildman–Crippen MR) is 52.6 cm³/mol. The zero-order chi connectivity index (χ0) is 9.84. The van der Waals surface area contributed by atoms with E-state index >= 15 is 0 Å². The lowest BCUT2D eigenvalue weighted by molar-refractivity contribution is -0.0576. The van der Waals surface area contributed by atoms with Gasteiger partial charge in [0.2, 0.25) is 0 Å². The maximum atomic E-state index is 11.1. The average Bonchev–Trinajstić information content (AvgIpc) is 2.03. The lowest BCUT2D eigenvalue weighted by Gasteiger charge is -2.33. The Morgan fingerprint density at radius 2 is 2.46 bits per heavy atom. The Balaban J connectivity index is 2.52. The van der Waals surface area contributed by atoms with Gasteiger partial charge in [-0.3, -0.25) is 4.57 Å². The van der Waals surface area contributed by atoms with Crippen molar-refractivity contribution in [2.75, 3.05) is 26.8 Å². The first-order chi connectivity index (χ1) is 6.13. The Hall–Kier alpha value is -0.0851. The van der Waals surface area contributed by atoms with Gasteiger partial charge in [-0.15, -0.1) is 0 Å². The predicted octanol–water partition coefficient (Wildman–Crippen LogP) is 0.00260. The molecule has 0 aromatic carbocycles. The molecule has 0 N–H and O–H groups in total. The number of hydrogen-bond donors (Lipinski definition) is 0. The summed E-state index contributed by atoms with van der Waals surface area (Å²) in [5, 5.41) is 0. The summed E-state index contributed by atoms with van der Waals surface area (Å²) >= 11 is 0. The Morgan fingerprint density at radius 1 is 1.77 bits per heavy atom. The molecule has 2 radical (unpaired) electrons. The highest BCUT2D eigenvalue weighted by molar-refractivity contribution is 7.40. The Morgan fingerprint density at radius 3 is 3.00 bits per heavy atom. The molecule has 0 bridgehead atoms. The fourth-order valence-corrected chi connectivity index (χ4v) is 2.02. The first-order valence-corrected chi connectivity index (χ1v) is 5.46. The normalized spacial score (nSPS) is 31.6. The maximum absolute atomic E-state index is 11.1. The van der Waals surface area contributed by atoms with Crippen LogP contribution < -0.4 is 0 Å². The van der Waals surface area contributed by atoms with E-state index < -0.39 is 13.6 Å². The Bertz CT molecular complexity index is 226. The Labute approximate surface area is 80.1 Å². The molecule has 13 heavy (non-hydrogen) atoms. The first-order valence-electron chi connectivity index (χ1n) is 4.06. The maximum Gasteiger partial charge on any atom is 0.166 e. The summed E-state index contributed by atoms with van der Waals surface area (Å²) in [5.74, 6) is 0. The van der Waals surface area contributed by atoms with Crippen molar-refractivity contribution < 1.29 is 14.0 Å². The van der Waals surface area contributed by atoms with Gasteiger partial charge in [-0.05, 0) is 6.30 Å². The molecule has 3 unspecified atom stereocenters. The van der Waals surface area contributed by atoms with Crippen LogP contribution >= 0.6 is 7.58 Å². The molecule has 0 aliphatic carbocycles. The second-order valence-corrected chi connectivity index (χ2v) is 4.25. The van der Waals surface area contributed by atoms with Crippen LogP contribution in [0.1, 0.15) is 0 Å². The van der Waals surface area contributed by atoms with Crippen LogP contribution in [-0.2, 0) is 14.0 Å². The standard InChI is InChI=1S/C7H13BNO3P/c1-11-5-6-3-9(13(2)10)4-7(8)12-6/h6-7H,2-5H2,1H3. The van der Waals surface area contributed by atoms with Crippen LogP contribution in [0.2, 0.25) is 0 Å². The van der Waals surface area contributed by atoms with Crippen molar-refractivity contribution in [3.8, 4) is 0 Å². The summed E-state index contributed by atoms with van der Waals surface area (Å²) in [6.07, 6.45) is 3.37. The number of morpholine rings is 1. The van der Waals surface area contributed by atoms with E-state index in [2.05, 4.69) is 6.30 Å². The molecule has 0 saturated carbocycles. The van der Waals surface area contributed by atoms with Gasteiger partial charge < -0.3 is 9.47 Å². The third-order valence-corrected chi connectivity index (χ3v) is 2.80.